The maximum atomic E-state index is 13.4. The molecular formula is C19H20ClN9O. The van der Waals surface area contributed by atoms with E-state index in [2.05, 4.69) is 20.6 Å². The van der Waals surface area contributed by atoms with Gasteiger partial charge in [-0.15, -0.1) is 0 Å². The Bertz CT molecular complexity index is 1230. The van der Waals surface area contributed by atoms with Gasteiger partial charge >= 0.3 is 0 Å². The molecule has 0 aliphatic carbocycles. The van der Waals surface area contributed by atoms with Crippen molar-refractivity contribution in [3.63, 3.8) is 0 Å². The highest BCUT2D eigenvalue weighted by Crippen LogP contribution is 2.27. The van der Waals surface area contributed by atoms with E-state index in [9.17, 15) is 10.1 Å². The van der Waals surface area contributed by atoms with Crippen molar-refractivity contribution in [2.24, 2.45) is 0 Å². The second-order valence-electron chi connectivity index (χ2n) is 7.09. The van der Waals surface area contributed by atoms with Crippen LogP contribution in [0.3, 0.4) is 0 Å². The lowest BCUT2D eigenvalue weighted by molar-refractivity contribution is 0.488. The van der Waals surface area contributed by atoms with Crippen LogP contribution in [0.4, 0.5) is 17.6 Å². The van der Waals surface area contributed by atoms with E-state index in [1.165, 1.54) is 0 Å². The number of aromatic nitrogens is 4. The minimum atomic E-state index is -0.484. The molecule has 1 aliphatic heterocycles. The number of hydrogen-bond donors (Lipinski definition) is 4. The summed E-state index contributed by atoms with van der Waals surface area (Å²) >= 11 is 6.31. The molecule has 0 saturated carbocycles. The number of benzene rings is 1. The minimum Gasteiger partial charge on any atom is -0.382 e. The summed E-state index contributed by atoms with van der Waals surface area (Å²) in [5.74, 6) is 0.613. The number of anilines is 3. The molecule has 2 atom stereocenters. The first-order valence-corrected chi connectivity index (χ1v) is 9.79. The zero-order chi connectivity index (χ0) is 21.4. The minimum absolute atomic E-state index is 0.0182. The van der Waals surface area contributed by atoms with Gasteiger partial charge in [0.1, 0.15) is 23.3 Å². The molecule has 154 valence electrons. The summed E-state index contributed by atoms with van der Waals surface area (Å²) in [6.07, 6.45) is 0.786. The zero-order valence-corrected chi connectivity index (χ0v) is 16.9. The SMILES string of the molecule is C[C@H](Nc1nc(N)nc(N)c1C#N)c1nc2cccc(Cl)c2c(=O)n1C1CCNC1. The molecule has 0 bridgehead atoms. The van der Waals surface area contributed by atoms with Crippen LogP contribution < -0.4 is 27.7 Å². The molecule has 1 unspecified atom stereocenters. The van der Waals surface area contributed by atoms with Gasteiger partial charge in [0.05, 0.1) is 28.0 Å². The first kappa shape index (κ1) is 19.9. The topological polar surface area (TPSA) is 161 Å². The molecule has 1 aliphatic rings. The fourth-order valence-electron chi connectivity index (χ4n) is 3.72. The van der Waals surface area contributed by atoms with Crippen molar-refractivity contribution in [2.75, 3.05) is 29.9 Å². The summed E-state index contributed by atoms with van der Waals surface area (Å²) in [6.45, 7) is 3.28. The highest BCUT2D eigenvalue weighted by Gasteiger charge is 2.26. The first-order chi connectivity index (χ1) is 14.4. The monoisotopic (exact) mass is 425 g/mol. The third-order valence-corrected chi connectivity index (χ3v) is 5.43. The van der Waals surface area contributed by atoms with Crippen LogP contribution in [0.25, 0.3) is 10.9 Å². The normalized spacial score (nSPS) is 17.0. The Morgan fingerprint density at radius 3 is 2.87 bits per heavy atom. The van der Waals surface area contributed by atoms with Gasteiger partial charge in [-0.1, -0.05) is 17.7 Å². The molecule has 4 rings (SSSR count). The van der Waals surface area contributed by atoms with Gasteiger partial charge in [-0.3, -0.25) is 9.36 Å². The lowest BCUT2D eigenvalue weighted by Crippen LogP contribution is -2.33. The Kier molecular flexibility index (Phi) is 5.15. The number of rotatable bonds is 4. The van der Waals surface area contributed by atoms with Crippen LogP contribution in [0.5, 0.6) is 0 Å². The molecule has 1 fully saturated rings. The quantitative estimate of drug-likeness (QED) is 0.486. The highest BCUT2D eigenvalue weighted by molar-refractivity contribution is 6.35. The molecule has 0 radical (unpaired) electrons. The van der Waals surface area contributed by atoms with Crippen molar-refractivity contribution in [3.8, 4) is 6.07 Å². The maximum absolute atomic E-state index is 13.4. The van der Waals surface area contributed by atoms with Crippen molar-refractivity contribution in [3.05, 3.63) is 45.0 Å². The lowest BCUT2D eigenvalue weighted by atomic mass is 10.1. The summed E-state index contributed by atoms with van der Waals surface area (Å²) in [7, 11) is 0. The van der Waals surface area contributed by atoms with E-state index < -0.39 is 6.04 Å². The smallest absolute Gasteiger partial charge is 0.263 e. The van der Waals surface area contributed by atoms with Crippen molar-refractivity contribution in [1.82, 2.24) is 24.8 Å². The van der Waals surface area contributed by atoms with Crippen LogP contribution in [0.2, 0.25) is 5.02 Å². The molecule has 0 amide bonds. The van der Waals surface area contributed by atoms with Crippen LogP contribution in [-0.4, -0.2) is 32.6 Å². The molecule has 11 heteroatoms. The number of nitrogen functional groups attached to an aromatic ring is 2. The van der Waals surface area contributed by atoms with Crippen molar-refractivity contribution in [2.45, 2.75) is 25.4 Å². The van der Waals surface area contributed by atoms with Crippen LogP contribution in [0, 0.1) is 11.3 Å². The summed E-state index contributed by atoms with van der Waals surface area (Å²) in [5.41, 5.74) is 11.9. The van der Waals surface area contributed by atoms with Crippen LogP contribution >= 0.6 is 11.6 Å². The van der Waals surface area contributed by atoms with Gasteiger partial charge in [-0.05, 0) is 32.0 Å². The van der Waals surface area contributed by atoms with Crippen molar-refractivity contribution in [1.29, 1.82) is 5.26 Å². The van der Waals surface area contributed by atoms with Crippen LogP contribution in [-0.2, 0) is 0 Å². The van der Waals surface area contributed by atoms with Crippen molar-refractivity contribution >= 4 is 40.1 Å². The van der Waals surface area contributed by atoms with Gasteiger partial charge in [0.15, 0.2) is 5.82 Å². The largest absolute Gasteiger partial charge is 0.382 e. The van der Waals surface area contributed by atoms with Gasteiger partial charge in [0.2, 0.25) is 5.95 Å². The number of fused-ring (bicyclic) bond motifs is 1. The standard InChI is InChI=1S/C19H20ClN9O/c1-9(25-16-11(7-21)15(22)27-19(23)28-16)17-26-13-4-2-3-12(20)14(13)18(30)29(17)10-5-6-24-8-10/h2-4,9-10,24H,5-6,8H2,1H3,(H5,22,23,25,27,28)/t9-,10?/m0/s1. The van der Waals surface area contributed by atoms with E-state index in [-0.39, 0.29) is 34.7 Å². The van der Waals surface area contributed by atoms with E-state index >= 15 is 0 Å². The van der Waals surface area contributed by atoms with E-state index in [1.54, 1.807) is 22.8 Å². The first-order valence-electron chi connectivity index (χ1n) is 9.41. The summed E-state index contributed by atoms with van der Waals surface area (Å²) in [5, 5.41) is 16.6. The Hall–Kier alpha value is -3.42. The average molecular weight is 426 g/mol. The summed E-state index contributed by atoms with van der Waals surface area (Å²) < 4.78 is 1.67. The number of nitrogens with two attached hydrogens (primary N) is 2. The predicted octanol–water partition coefficient (Wildman–Crippen LogP) is 1.58. The molecule has 1 saturated heterocycles. The van der Waals surface area contributed by atoms with Gasteiger partial charge in [-0.2, -0.15) is 15.2 Å². The molecular weight excluding hydrogens is 406 g/mol. The molecule has 30 heavy (non-hydrogen) atoms. The van der Waals surface area contributed by atoms with Gasteiger partial charge in [0.25, 0.3) is 5.56 Å². The fraction of sp³-hybridized carbons (Fsp3) is 0.316. The molecule has 6 N–H and O–H groups in total. The van der Waals surface area contributed by atoms with Gasteiger partial charge < -0.3 is 22.1 Å². The molecule has 1 aromatic carbocycles. The Morgan fingerprint density at radius 1 is 1.37 bits per heavy atom. The number of halogens is 1. The van der Waals surface area contributed by atoms with Gasteiger partial charge in [-0.25, -0.2) is 4.98 Å². The Morgan fingerprint density at radius 2 is 2.17 bits per heavy atom. The van der Waals surface area contributed by atoms with Crippen LogP contribution in [0.1, 0.15) is 36.8 Å². The highest BCUT2D eigenvalue weighted by atomic mass is 35.5. The fourth-order valence-corrected chi connectivity index (χ4v) is 3.97. The third kappa shape index (κ3) is 3.38. The number of nitriles is 1. The van der Waals surface area contributed by atoms with Crippen molar-refractivity contribution < 1.29 is 0 Å². The summed E-state index contributed by atoms with van der Waals surface area (Å²) in [6, 6.07) is 6.60. The molecule has 2 aromatic heterocycles. The van der Waals surface area contributed by atoms with E-state index in [4.69, 9.17) is 28.1 Å². The second-order valence-corrected chi connectivity index (χ2v) is 7.50. The Balaban J connectivity index is 1.87. The molecule has 0 spiro atoms. The molecule has 3 aromatic rings. The number of hydrogen-bond acceptors (Lipinski definition) is 9. The lowest BCUT2D eigenvalue weighted by Gasteiger charge is -2.24. The second kappa shape index (κ2) is 7.78. The molecule has 10 nitrogen and oxygen atoms in total. The van der Waals surface area contributed by atoms with Gasteiger partial charge in [0, 0.05) is 6.54 Å². The Labute approximate surface area is 176 Å². The van der Waals surface area contributed by atoms with E-state index in [0.717, 1.165) is 13.0 Å². The maximum Gasteiger partial charge on any atom is 0.263 e. The van der Waals surface area contributed by atoms with Crippen LogP contribution in [0.15, 0.2) is 23.0 Å². The van der Waals surface area contributed by atoms with E-state index in [0.29, 0.717) is 28.3 Å². The zero-order valence-electron chi connectivity index (χ0n) is 16.2. The van der Waals surface area contributed by atoms with E-state index in [1.807, 2.05) is 13.0 Å². The molecule has 3 heterocycles. The predicted molar refractivity (Wildman–Crippen MR) is 115 cm³/mol. The third-order valence-electron chi connectivity index (χ3n) is 5.11. The number of nitrogens with one attached hydrogen (secondary N) is 2. The number of nitrogens with zero attached hydrogens (tertiary/aromatic N) is 5. The summed E-state index contributed by atoms with van der Waals surface area (Å²) in [4.78, 5) is 26.1. The average Bonchev–Trinajstić information content (AvgIpc) is 3.21.